The van der Waals surface area contributed by atoms with E-state index < -0.39 is 24.0 Å². The number of carbonyl (C=O) groups is 1. The Labute approximate surface area is 120 Å². The second-order valence-electron chi connectivity index (χ2n) is 5.56. The number of carboxylic acid groups (broad SMARTS) is 1. The van der Waals surface area contributed by atoms with E-state index in [9.17, 15) is 18.0 Å². The van der Waals surface area contributed by atoms with E-state index >= 15 is 0 Å². The molecule has 1 aliphatic heterocycles. The molecule has 1 N–H and O–H groups in total. The Balaban J connectivity index is 2.14. The first-order valence-corrected chi connectivity index (χ1v) is 6.63. The quantitative estimate of drug-likeness (QED) is 0.931. The molecule has 21 heavy (non-hydrogen) atoms. The minimum Gasteiger partial charge on any atom is -0.481 e. The third kappa shape index (κ3) is 3.72. The summed E-state index contributed by atoms with van der Waals surface area (Å²) in [5.74, 6) is -4.62. The first-order chi connectivity index (χ1) is 9.66. The van der Waals surface area contributed by atoms with E-state index in [0.717, 1.165) is 11.3 Å². The molecule has 0 spiro atoms. The molecule has 0 aromatic carbocycles. The Bertz CT molecular complexity index is 525. The highest BCUT2D eigenvalue weighted by molar-refractivity contribution is 5.71. The zero-order valence-electron chi connectivity index (χ0n) is 11.8. The van der Waals surface area contributed by atoms with Gasteiger partial charge in [-0.15, -0.1) is 0 Å². The standard InChI is InChI=1S/C14H17F3N2O2/c1-8-3-9(2)18-10(4-8)5-19-6-11(13(20)21)12(7-19)14(15,16)17/h3-4,11-12H,5-7H2,1-2H3,(H,20,21)/t11-,12-/m1/s1. The van der Waals surface area contributed by atoms with Crippen LogP contribution in [0.3, 0.4) is 0 Å². The van der Waals surface area contributed by atoms with Crippen LogP contribution in [0.1, 0.15) is 17.0 Å². The molecule has 0 radical (unpaired) electrons. The maximum atomic E-state index is 12.9. The van der Waals surface area contributed by atoms with Crippen LogP contribution in [0.5, 0.6) is 0 Å². The summed E-state index contributed by atoms with van der Waals surface area (Å²) >= 11 is 0. The number of rotatable bonds is 3. The maximum Gasteiger partial charge on any atom is 0.393 e. The van der Waals surface area contributed by atoms with Crippen molar-refractivity contribution in [3.63, 3.8) is 0 Å². The Kier molecular flexibility index (Phi) is 4.22. The van der Waals surface area contributed by atoms with E-state index in [1.54, 1.807) is 0 Å². The largest absolute Gasteiger partial charge is 0.481 e. The summed E-state index contributed by atoms with van der Waals surface area (Å²) in [6.07, 6.45) is -4.49. The summed E-state index contributed by atoms with van der Waals surface area (Å²) in [5, 5.41) is 8.98. The average Bonchev–Trinajstić information content (AvgIpc) is 2.71. The minimum absolute atomic E-state index is 0.103. The van der Waals surface area contributed by atoms with Gasteiger partial charge in [-0.1, -0.05) is 0 Å². The molecule has 0 unspecified atom stereocenters. The average molecular weight is 302 g/mol. The van der Waals surface area contributed by atoms with E-state index in [1.807, 2.05) is 26.0 Å². The molecule has 4 nitrogen and oxygen atoms in total. The molecule has 0 saturated carbocycles. The van der Waals surface area contributed by atoms with Crippen molar-refractivity contribution in [2.24, 2.45) is 11.8 Å². The van der Waals surface area contributed by atoms with Crippen molar-refractivity contribution < 1.29 is 23.1 Å². The summed E-state index contributed by atoms with van der Waals surface area (Å²) < 4.78 is 38.7. The molecule has 2 atom stereocenters. The number of hydrogen-bond donors (Lipinski definition) is 1. The van der Waals surface area contributed by atoms with Crippen molar-refractivity contribution in [1.82, 2.24) is 9.88 Å². The number of aryl methyl sites for hydroxylation is 2. The van der Waals surface area contributed by atoms with Gasteiger partial charge in [-0.05, 0) is 31.5 Å². The lowest BCUT2D eigenvalue weighted by atomic mass is 9.96. The lowest BCUT2D eigenvalue weighted by molar-refractivity contribution is -0.188. The first kappa shape index (κ1) is 15.8. The summed E-state index contributed by atoms with van der Waals surface area (Å²) in [4.78, 5) is 16.8. The van der Waals surface area contributed by atoms with E-state index in [2.05, 4.69) is 4.98 Å². The van der Waals surface area contributed by atoms with Crippen LogP contribution in [0.15, 0.2) is 12.1 Å². The minimum atomic E-state index is -4.49. The van der Waals surface area contributed by atoms with Crippen LogP contribution in [0, 0.1) is 25.7 Å². The molecule has 1 aliphatic rings. The number of aromatic nitrogens is 1. The lowest BCUT2D eigenvalue weighted by Crippen LogP contribution is -2.33. The van der Waals surface area contributed by atoms with E-state index in [-0.39, 0.29) is 19.6 Å². The molecule has 1 saturated heterocycles. The topological polar surface area (TPSA) is 53.4 Å². The van der Waals surface area contributed by atoms with Gasteiger partial charge < -0.3 is 5.11 Å². The van der Waals surface area contributed by atoms with Crippen LogP contribution in [0.25, 0.3) is 0 Å². The van der Waals surface area contributed by atoms with Gasteiger partial charge in [0.05, 0.1) is 17.5 Å². The molecular weight excluding hydrogens is 285 g/mol. The molecule has 116 valence electrons. The van der Waals surface area contributed by atoms with Crippen molar-refractivity contribution in [1.29, 1.82) is 0 Å². The zero-order chi connectivity index (χ0) is 15.8. The van der Waals surface area contributed by atoms with Crippen LogP contribution < -0.4 is 0 Å². The summed E-state index contributed by atoms with van der Waals surface area (Å²) in [6.45, 7) is 3.54. The van der Waals surface area contributed by atoms with Gasteiger partial charge in [0.1, 0.15) is 0 Å². The molecule has 2 rings (SSSR count). The summed E-state index contributed by atoms with van der Waals surface area (Å²) in [6, 6.07) is 3.69. The molecule has 0 aliphatic carbocycles. The van der Waals surface area contributed by atoms with Gasteiger partial charge in [0.25, 0.3) is 0 Å². The predicted molar refractivity (Wildman–Crippen MR) is 69.7 cm³/mol. The van der Waals surface area contributed by atoms with Gasteiger partial charge in [0, 0.05) is 25.3 Å². The molecule has 0 amide bonds. The third-order valence-corrected chi connectivity index (χ3v) is 3.67. The Hall–Kier alpha value is -1.63. The van der Waals surface area contributed by atoms with Crippen molar-refractivity contribution in [2.75, 3.05) is 13.1 Å². The zero-order valence-corrected chi connectivity index (χ0v) is 11.8. The number of likely N-dealkylation sites (tertiary alicyclic amines) is 1. The highest BCUT2D eigenvalue weighted by Gasteiger charge is 2.52. The SMILES string of the molecule is Cc1cc(C)nc(CN2C[C@@H](C(F)(F)F)[C@H](C(=O)O)C2)c1. The van der Waals surface area contributed by atoms with Gasteiger partial charge >= 0.3 is 12.1 Å². The molecule has 2 heterocycles. The number of hydrogen-bond acceptors (Lipinski definition) is 3. The van der Waals surface area contributed by atoms with Gasteiger partial charge in [-0.25, -0.2) is 0 Å². The first-order valence-electron chi connectivity index (χ1n) is 6.63. The van der Waals surface area contributed by atoms with E-state index in [0.29, 0.717) is 5.69 Å². The Morgan fingerprint density at radius 3 is 2.52 bits per heavy atom. The lowest BCUT2D eigenvalue weighted by Gasteiger charge is -2.18. The van der Waals surface area contributed by atoms with Crippen LogP contribution in [0.2, 0.25) is 0 Å². The van der Waals surface area contributed by atoms with Gasteiger partial charge in [0.15, 0.2) is 0 Å². The van der Waals surface area contributed by atoms with Gasteiger partial charge in [0.2, 0.25) is 0 Å². The molecule has 0 bridgehead atoms. The predicted octanol–water partition coefficient (Wildman–Crippen LogP) is 2.39. The highest BCUT2D eigenvalue weighted by atomic mass is 19.4. The van der Waals surface area contributed by atoms with Gasteiger partial charge in [-0.2, -0.15) is 13.2 Å². The number of carboxylic acids is 1. The molecule has 7 heteroatoms. The monoisotopic (exact) mass is 302 g/mol. The fourth-order valence-electron chi connectivity index (χ4n) is 2.83. The number of pyridine rings is 1. The Morgan fingerprint density at radius 2 is 2.05 bits per heavy atom. The number of nitrogens with zero attached hydrogens (tertiary/aromatic N) is 2. The smallest absolute Gasteiger partial charge is 0.393 e. The van der Waals surface area contributed by atoms with Crippen molar-refractivity contribution in [3.05, 3.63) is 29.1 Å². The molecule has 1 fully saturated rings. The second kappa shape index (κ2) is 5.63. The molecular formula is C14H17F3N2O2. The van der Waals surface area contributed by atoms with Crippen molar-refractivity contribution in [2.45, 2.75) is 26.6 Å². The fourth-order valence-corrected chi connectivity index (χ4v) is 2.83. The number of alkyl halides is 3. The van der Waals surface area contributed by atoms with Crippen LogP contribution in [-0.2, 0) is 11.3 Å². The van der Waals surface area contributed by atoms with Crippen LogP contribution in [-0.4, -0.2) is 40.2 Å². The Morgan fingerprint density at radius 1 is 1.38 bits per heavy atom. The molecule has 1 aromatic rings. The van der Waals surface area contributed by atoms with Crippen molar-refractivity contribution in [3.8, 4) is 0 Å². The highest BCUT2D eigenvalue weighted by Crippen LogP contribution is 2.38. The van der Waals surface area contributed by atoms with Gasteiger partial charge in [-0.3, -0.25) is 14.7 Å². The fraction of sp³-hybridized carbons (Fsp3) is 0.571. The third-order valence-electron chi connectivity index (χ3n) is 3.67. The molecule has 1 aromatic heterocycles. The number of halogens is 3. The summed E-state index contributed by atoms with van der Waals surface area (Å²) in [5.41, 5.74) is 2.45. The second-order valence-corrected chi connectivity index (χ2v) is 5.56. The van der Waals surface area contributed by atoms with Crippen molar-refractivity contribution >= 4 is 5.97 Å². The number of aliphatic carboxylic acids is 1. The van der Waals surface area contributed by atoms with E-state index in [1.165, 1.54) is 4.90 Å². The van der Waals surface area contributed by atoms with Crippen LogP contribution in [0.4, 0.5) is 13.2 Å². The summed E-state index contributed by atoms with van der Waals surface area (Å²) in [7, 11) is 0. The van der Waals surface area contributed by atoms with E-state index in [4.69, 9.17) is 5.11 Å². The maximum absolute atomic E-state index is 12.9. The normalized spacial score (nSPS) is 23.5. The van der Waals surface area contributed by atoms with Crippen LogP contribution >= 0.6 is 0 Å².